The number of carbonyl (C=O) groups is 2. The molecule has 0 aliphatic heterocycles. The number of carboxylic acids is 2. The summed E-state index contributed by atoms with van der Waals surface area (Å²) >= 11 is 0. The molecule has 0 rings (SSSR count). The van der Waals surface area contributed by atoms with Gasteiger partial charge in [-0.1, -0.05) is 13.2 Å². The molecular weight excluding hydrogens is 366 g/mol. The van der Waals surface area contributed by atoms with Crippen LogP contribution in [0.3, 0.4) is 0 Å². The number of hydrogen-bond donors (Lipinski definition) is 4. The van der Waals surface area contributed by atoms with Crippen molar-refractivity contribution in [2.24, 2.45) is 0 Å². The Balaban J connectivity index is -0.000000336. The Bertz CT molecular complexity index is 414. The first-order chi connectivity index (χ1) is 11.0. The third-order valence-corrected chi connectivity index (χ3v) is 1.93. The lowest BCUT2D eigenvalue weighted by Gasteiger charge is -2.21. The van der Waals surface area contributed by atoms with E-state index in [1.807, 2.05) is 0 Å². The lowest BCUT2D eigenvalue weighted by molar-refractivity contribution is -0.262. The highest BCUT2D eigenvalue weighted by molar-refractivity contribution is 5.85. The van der Waals surface area contributed by atoms with Crippen LogP contribution in [0.5, 0.6) is 0 Å². The molecule has 25 heavy (non-hydrogen) atoms. The maximum Gasteiger partial charge on any atom is 0.387 e. The van der Waals surface area contributed by atoms with Crippen LogP contribution in [-0.2, 0) is 9.59 Å². The highest BCUT2D eigenvalue weighted by Gasteiger charge is 2.48. The molecule has 0 radical (unpaired) electrons. The quantitative estimate of drug-likeness (QED) is 0.412. The summed E-state index contributed by atoms with van der Waals surface area (Å²) < 4.78 is 70.3. The highest BCUT2D eigenvalue weighted by Crippen LogP contribution is 2.26. The normalized spacial score (nSPS) is 14.0. The van der Waals surface area contributed by atoms with Crippen molar-refractivity contribution in [2.45, 2.75) is 44.8 Å². The molecular formula is C13H18F6O6. The lowest BCUT2D eigenvalue weighted by atomic mass is 10.1. The molecule has 0 aromatic heterocycles. The summed E-state index contributed by atoms with van der Waals surface area (Å²) in [5, 5.41) is 31.5. The van der Waals surface area contributed by atoms with Gasteiger partial charge >= 0.3 is 18.0 Å². The number of aliphatic carboxylic acids is 2. The zero-order valence-corrected chi connectivity index (χ0v) is 13.1. The zero-order chi connectivity index (χ0) is 21.1. The van der Waals surface area contributed by atoms with E-state index in [0.717, 1.165) is 0 Å². The summed E-state index contributed by atoms with van der Waals surface area (Å²) in [4.78, 5) is 19.2. The van der Waals surface area contributed by atoms with Gasteiger partial charge < -0.3 is 20.4 Å². The molecule has 0 heterocycles. The van der Waals surface area contributed by atoms with Crippen LogP contribution in [0.25, 0.3) is 0 Å². The second-order valence-electron chi connectivity index (χ2n) is 4.43. The molecule has 0 bridgehead atoms. The fourth-order valence-corrected chi connectivity index (χ4v) is 0.504. The second-order valence-corrected chi connectivity index (χ2v) is 4.43. The monoisotopic (exact) mass is 384 g/mol. The van der Waals surface area contributed by atoms with Crippen molar-refractivity contribution >= 4 is 11.9 Å². The van der Waals surface area contributed by atoms with Gasteiger partial charge in [0.05, 0.1) is 0 Å². The van der Waals surface area contributed by atoms with E-state index in [1.165, 1.54) is 13.8 Å². The standard InChI is InChI=1S/C5H6F6O2.2C4H6O2/c6-1(2(12)4(8)9)3(7)5(10,11)13;2*1-3(2)4(5)6/h1-4,12-13H;2*1H2,2H3,(H,5,6). The van der Waals surface area contributed by atoms with Gasteiger partial charge in [0.2, 0.25) is 6.17 Å². The Morgan fingerprint density at radius 2 is 1.16 bits per heavy atom. The molecule has 3 atom stereocenters. The zero-order valence-electron chi connectivity index (χ0n) is 13.1. The van der Waals surface area contributed by atoms with Crippen LogP contribution in [-0.4, -0.2) is 63.3 Å². The van der Waals surface area contributed by atoms with Gasteiger partial charge in [-0.15, -0.1) is 0 Å². The maximum atomic E-state index is 12.2. The van der Waals surface area contributed by atoms with Crippen molar-refractivity contribution in [1.82, 2.24) is 0 Å². The number of aliphatic hydroxyl groups excluding tert-OH is 1. The van der Waals surface area contributed by atoms with E-state index in [0.29, 0.717) is 0 Å². The molecule has 0 aromatic carbocycles. The summed E-state index contributed by atoms with van der Waals surface area (Å²) in [6.45, 7) is 9.20. The molecule has 0 saturated heterocycles. The molecule has 6 nitrogen and oxygen atoms in total. The average Bonchev–Trinajstić information content (AvgIpc) is 2.44. The molecule has 0 amide bonds. The average molecular weight is 384 g/mol. The second kappa shape index (κ2) is 12.3. The van der Waals surface area contributed by atoms with Crippen molar-refractivity contribution in [2.75, 3.05) is 0 Å². The number of aliphatic hydroxyl groups is 2. The minimum absolute atomic E-state index is 0.176. The van der Waals surface area contributed by atoms with Gasteiger partial charge in [0.1, 0.15) is 6.10 Å². The predicted molar refractivity (Wildman–Crippen MR) is 73.9 cm³/mol. The minimum atomic E-state index is -5.09. The number of carboxylic acid groups (broad SMARTS) is 2. The van der Waals surface area contributed by atoms with E-state index in [1.54, 1.807) is 0 Å². The molecule has 0 aromatic rings. The van der Waals surface area contributed by atoms with Gasteiger partial charge in [0, 0.05) is 11.1 Å². The van der Waals surface area contributed by atoms with E-state index < -0.39 is 42.9 Å². The number of rotatable bonds is 6. The Labute approximate surface area is 138 Å². The third-order valence-electron chi connectivity index (χ3n) is 1.93. The van der Waals surface area contributed by atoms with Crippen LogP contribution in [0.15, 0.2) is 24.3 Å². The number of halogens is 6. The van der Waals surface area contributed by atoms with Crippen LogP contribution in [0.4, 0.5) is 26.3 Å². The Kier molecular flexibility index (Phi) is 13.7. The highest BCUT2D eigenvalue weighted by atomic mass is 19.3. The maximum absolute atomic E-state index is 12.2. The van der Waals surface area contributed by atoms with Crippen LogP contribution in [0, 0.1) is 0 Å². The van der Waals surface area contributed by atoms with E-state index in [4.69, 9.17) is 20.4 Å². The summed E-state index contributed by atoms with van der Waals surface area (Å²) in [6, 6.07) is 0. The Morgan fingerprint density at radius 1 is 0.920 bits per heavy atom. The smallest absolute Gasteiger partial charge is 0.387 e. The Morgan fingerprint density at radius 3 is 1.28 bits per heavy atom. The van der Waals surface area contributed by atoms with Gasteiger partial charge in [-0.3, -0.25) is 0 Å². The van der Waals surface area contributed by atoms with E-state index in [2.05, 4.69) is 13.2 Å². The van der Waals surface area contributed by atoms with Gasteiger partial charge in [0.15, 0.2) is 6.17 Å². The molecule has 12 heteroatoms. The van der Waals surface area contributed by atoms with Crippen molar-refractivity contribution < 1.29 is 56.4 Å². The van der Waals surface area contributed by atoms with Crippen molar-refractivity contribution in [3.05, 3.63) is 24.3 Å². The molecule has 0 fully saturated rings. The van der Waals surface area contributed by atoms with Gasteiger partial charge in [-0.2, -0.15) is 8.78 Å². The van der Waals surface area contributed by atoms with Crippen LogP contribution in [0.2, 0.25) is 0 Å². The van der Waals surface area contributed by atoms with Gasteiger partial charge in [0.25, 0.3) is 6.43 Å². The first-order valence-electron chi connectivity index (χ1n) is 6.08. The van der Waals surface area contributed by atoms with E-state index in [9.17, 15) is 35.9 Å². The summed E-state index contributed by atoms with van der Waals surface area (Å²) in [5.74, 6) is -1.87. The summed E-state index contributed by atoms with van der Waals surface area (Å²) in [7, 11) is 0. The van der Waals surface area contributed by atoms with Crippen LogP contribution >= 0.6 is 0 Å². The van der Waals surface area contributed by atoms with Crippen molar-refractivity contribution in [3.8, 4) is 0 Å². The molecule has 0 spiro atoms. The summed E-state index contributed by atoms with van der Waals surface area (Å²) in [6.07, 6.45) is -19.4. The predicted octanol–water partition coefficient (Wildman–Crippen LogP) is 2.17. The number of alkyl halides is 6. The largest absolute Gasteiger partial charge is 0.478 e. The summed E-state index contributed by atoms with van der Waals surface area (Å²) in [5.41, 5.74) is 0.352. The molecule has 148 valence electrons. The number of hydrogen-bond acceptors (Lipinski definition) is 4. The topological polar surface area (TPSA) is 115 Å². The minimum Gasteiger partial charge on any atom is -0.478 e. The van der Waals surface area contributed by atoms with Crippen molar-refractivity contribution in [3.63, 3.8) is 0 Å². The lowest BCUT2D eigenvalue weighted by Crippen LogP contribution is -2.45. The first-order valence-corrected chi connectivity index (χ1v) is 6.08. The Hall–Kier alpha value is -2.08. The molecule has 0 aliphatic carbocycles. The fourth-order valence-electron chi connectivity index (χ4n) is 0.504. The molecule has 0 saturated carbocycles. The van der Waals surface area contributed by atoms with Gasteiger partial charge in [-0.25, -0.2) is 27.2 Å². The third kappa shape index (κ3) is 15.2. The van der Waals surface area contributed by atoms with Crippen LogP contribution in [0.1, 0.15) is 13.8 Å². The van der Waals surface area contributed by atoms with E-state index in [-0.39, 0.29) is 11.1 Å². The molecule has 0 aliphatic rings. The van der Waals surface area contributed by atoms with Gasteiger partial charge in [-0.05, 0) is 13.8 Å². The molecule has 3 unspecified atom stereocenters. The van der Waals surface area contributed by atoms with E-state index >= 15 is 0 Å². The SMILES string of the molecule is C=C(C)C(=O)O.C=C(C)C(=O)O.OC(C(F)F)C(F)C(F)C(O)(F)F. The molecule has 4 N–H and O–H groups in total. The van der Waals surface area contributed by atoms with Crippen LogP contribution < -0.4 is 0 Å². The first kappa shape index (κ1) is 27.8. The fraction of sp³-hybridized carbons (Fsp3) is 0.538. The van der Waals surface area contributed by atoms with Crippen molar-refractivity contribution in [1.29, 1.82) is 0 Å².